The molecule has 0 atom stereocenters. The molecule has 1 heterocycles. The van der Waals surface area contributed by atoms with Gasteiger partial charge in [0.05, 0.1) is 18.8 Å². The van der Waals surface area contributed by atoms with Gasteiger partial charge in [0.2, 0.25) is 0 Å². The van der Waals surface area contributed by atoms with Gasteiger partial charge in [0.1, 0.15) is 40.3 Å². The molecule has 0 spiro atoms. The second kappa shape index (κ2) is 12.2. The van der Waals surface area contributed by atoms with Gasteiger partial charge in [-0.2, -0.15) is 8.78 Å². The Morgan fingerprint density at radius 1 is 0.756 bits per heavy atom. The number of hydrogen-bond donors (Lipinski definition) is 0. The summed E-state index contributed by atoms with van der Waals surface area (Å²) < 4.78 is 145. The van der Waals surface area contributed by atoms with Crippen LogP contribution in [0.25, 0.3) is 11.1 Å². The zero-order valence-electron chi connectivity index (χ0n) is 21.3. The SMILES string of the molecule is CCCCC1COC(c2cc(F)c(C(F)(F)Oc3cc(F)c(-c4ccc(OC(F)(F)F)cc4)c(F)c3)c(F)c2)OC1. The fourth-order valence-corrected chi connectivity index (χ4v) is 4.31. The molecule has 0 saturated carbocycles. The van der Waals surface area contributed by atoms with Gasteiger partial charge in [-0.1, -0.05) is 31.9 Å². The van der Waals surface area contributed by atoms with E-state index in [1.165, 1.54) is 0 Å². The lowest BCUT2D eigenvalue weighted by molar-refractivity contribution is -0.274. The molecular weight excluding hydrogens is 571 g/mol. The molecule has 0 amide bonds. The molecule has 222 valence electrons. The average molecular weight is 594 g/mol. The van der Waals surface area contributed by atoms with Crippen LogP contribution >= 0.6 is 0 Å². The molecule has 1 saturated heterocycles. The number of rotatable bonds is 9. The minimum absolute atomic E-state index is 0.0906. The van der Waals surface area contributed by atoms with Crippen LogP contribution in [-0.4, -0.2) is 19.6 Å². The molecule has 0 radical (unpaired) electrons. The van der Waals surface area contributed by atoms with E-state index in [2.05, 4.69) is 9.47 Å². The van der Waals surface area contributed by atoms with Crippen molar-refractivity contribution >= 4 is 0 Å². The summed E-state index contributed by atoms with van der Waals surface area (Å²) in [6.07, 6.45) is -8.13. The van der Waals surface area contributed by atoms with Crippen LogP contribution in [0.15, 0.2) is 48.5 Å². The summed E-state index contributed by atoms with van der Waals surface area (Å²) in [5.41, 5.74) is -3.00. The van der Waals surface area contributed by atoms with Crippen LogP contribution in [0.4, 0.5) is 39.5 Å². The van der Waals surface area contributed by atoms with Crippen molar-refractivity contribution in [3.8, 4) is 22.6 Å². The predicted octanol–water partition coefficient (Wildman–Crippen LogP) is 8.79. The number of alkyl halides is 5. The third kappa shape index (κ3) is 7.45. The topological polar surface area (TPSA) is 36.9 Å². The van der Waals surface area contributed by atoms with E-state index in [0.29, 0.717) is 24.3 Å². The average Bonchev–Trinajstić information content (AvgIpc) is 2.86. The van der Waals surface area contributed by atoms with E-state index in [1.54, 1.807) is 0 Å². The molecule has 4 nitrogen and oxygen atoms in total. The largest absolute Gasteiger partial charge is 0.573 e. The summed E-state index contributed by atoms with van der Waals surface area (Å²) >= 11 is 0. The van der Waals surface area contributed by atoms with E-state index in [4.69, 9.17) is 9.47 Å². The van der Waals surface area contributed by atoms with Crippen LogP contribution in [0.1, 0.15) is 43.6 Å². The van der Waals surface area contributed by atoms with Crippen molar-refractivity contribution in [3.63, 3.8) is 0 Å². The Hall–Kier alpha value is -3.45. The summed E-state index contributed by atoms with van der Waals surface area (Å²) in [6, 6.07) is 5.30. The Morgan fingerprint density at radius 2 is 1.32 bits per heavy atom. The van der Waals surface area contributed by atoms with E-state index in [9.17, 15) is 39.5 Å². The van der Waals surface area contributed by atoms with Gasteiger partial charge in [-0.25, -0.2) is 17.6 Å². The maximum absolute atomic E-state index is 14.9. The van der Waals surface area contributed by atoms with Crippen molar-refractivity contribution < 1.29 is 58.5 Å². The highest BCUT2D eigenvalue weighted by Gasteiger charge is 2.42. The van der Waals surface area contributed by atoms with Crippen LogP contribution in [0, 0.1) is 29.2 Å². The first-order valence-electron chi connectivity index (χ1n) is 12.4. The lowest BCUT2D eigenvalue weighted by atomic mass is 10.0. The number of halogens is 9. The fourth-order valence-electron chi connectivity index (χ4n) is 4.31. The molecule has 0 unspecified atom stereocenters. The molecule has 0 aliphatic carbocycles. The van der Waals surface area contributed by atoms with Crippen LogP contribution < -0.4 is 9.47 Å². The van der Waals surface area contributed by atoms with Crippen LogP contribution in [0.5, 0.6) is 11.5 Å². The molecule has 0 bridgehead atoms. The van der Waals surface area contributed by atoms with Crippen LogP contribution in [0.2, 0.25) is 0 Å². The molecule has 4 rings (SSSR count). The van der Waals surface area contributed by atoms with Crippen LogP contribution in [-0.2, 0) is 15.6 Å². The van der Waals surface area contributed by atoms with Gasteiger partial charge in [0.25, 0.3) is 0 Å². The zero-order valence-corrected chi connectivity index (χ0v) is 21.3. The highest BCUT2D eigenvalue weighted by atomic mass is 19.4. The quantitative estimate of drug-likeness (QED) is 0.232. The molecule has 13 heteroatoms. The predicted molar refractivity (Wildman–Crippen MR) is 127 cm³/mol. The molecule has 3 aromatic carbocycles. The maximum atomic E-state index is 14.9. The lowest BCUT2D eigenvalue weighted by Gasteiger charge is -2.30. The Balaban J connectivity index is 1.51. The molecule has 41 heavy (non-hydrogen) atoms. The second-order valence-corrected chi connectivity index (χ2v) is 9.32. The summed E-state index contributed by atoms with van der Waals surface area (Å²) in [7, 11) is 0. The van der Waals surface area contributed by atoms with E-state index < -0.39 is 64.7 Å². The van der Waals surface area contributed by atoms with Gasteiger partial charge in [0.15, 0.2) is 6.29 Å². The first-order chi connectivity index (χ1) is 19.3. The second-order valence-electron chi connectivity index (χ2n) is 9.32. The van der Waals surface area contributed by atoms with Crippen molar-refractivity contribution in [3.05, 3.63) is 82.9 Å². The Bertz CT molecular complexity index is 1310. The van der Waals surface area contributed by atoms with Gasteiger partial charge in [-0.3, -0.25) is 0 Å². The van der Waals surface area contributed by atoms with E-state index >= 15 is 0 Å². The highest BCUT2D eigenvalue weighted by Crippen LogP contribution is 2.39. The Kier molecular flexibility index (Phi) is 9.07. The Morgan fingerprint density at radius 3 is 1.83 bits per heavy atom. The number of benzene rings is 3. The van der Waals surface area contributed by atoms with Crippen molar-refractivity contribution in [1.82, 2.24) is 0 Å². The first-order valence-corrected chi connectivity index (χ1v) is 12.4. The fraction of sp³-hybridized carbons (Fsp3) is 0.357. The molecule has 0 aromatic heterocycles. The van der Waals surface area contributed by atoms with Crippen LogP contribution in [0.3, 0.4) is 0 Å². The third-order valence-electron chi connectivity index (χ3n) is 6.20. The van der Waals surface area contributed by atoms with Gasteiger partial charge >= 0.3 is 12.5 Å². The molecule has 1 aliphatic rings. The van der Waals surface area contributed by atoms with Crippen molar-refractivity contribution in [2.75, 3.05) is 13.2 Å². The number of hydrogen-bond acceptors (Lipinski definition) is 4. The molecular formula is C28H23F9O4. The van der Waals surface area contributed by atoms with Gasteiger partial charge < -0.3 is 18.9 Å². The molecule has 1 aliphatic heterocycles. The van der Waals surface area contributed by atoms with Crippen molar-refractivity contribution in [2.24, 2.45) is 5.92 Å². The standard InChI is InChI=1S/C28H23F9O4/c1-2-3-4-15-13-38-26(39-14-15)17-9-22(31)25(23(32)10-17)27(33,34)40-19-11-20(29)24(21(30)12-19)16-5-7-18(8-6-16)41-28(35,36)37/h5-12,15,26H,2-4,13-14H2,1H3. The third-order valence-corrected chi connectivity index (χ3v) is 6.20. The minimum Gasteiger partial charge on any atom is -0.429 e. The number of unbranched alkanes of at least 4 members (excludes halogenated alkanes) is 1. The summed E-state index contributed by atoms with van der Waals surface area (Å²) in [5.74, 6) is -7.94. The van der Waals surface area contributed by atoms with Crippen molar-refractivity contribution in [2.45, 2.75) is 44.9 Å². The highest BCUT2D eigenvalue weighted by molar-refractivity contribution is 5.66. The smallest absolute Gasteiger partial charge is 0.429 e. The first kappa shape index (κ1) is 30.5. The summed E-state index contributed by atoms with van der Waals surface area (Å²) in [4.78, 5) is 0. The minimum atomic E-state index is -4.99. The van der Waals surface area contributed by atoms with Gasteiger partial charge in [-0.15, -0.1) is 13.2 Å². The zero-order chi connectivity index (χ0) is 29.9. The molecule has 3 aromatic rings. The lowest BCUT2D eigenvalue weighted by Crippen LogP contribution is -2.28. The van der Waals surface area contributed by atoms with Gasteiger partial charge in [-0.05, 0) is 36.2 Å². The normalized spacial score (nSPS) is 17.9. The maximum Gasteiger partial charge on any atom is 0.573 e. The van der Waals surface area contributed by atoms with E-state index in [1.807, 2.05) is 6.92 Å². The van der Waals surface area contributed by atoms with E-state index in [-0.39, 0.29) is 30.3 Å². The summed E-state index contributed by atoms with van der Waals surface area (Å²) in [6.45, 7) is 2.53. The monoisotopic (exact) mass is 594 g/mol. The van der Waals surface area contributed by atoms with Gasteiger partial charge in [0, 0.05) is 23.6 Å². The summed E-state index contributed by atoms with van der Waals surface area (Å²) in [5, 5.41) is 0. The van der Waals surface area contributed by atoms with Crippen molar-refractivity contribution in [1.29, 1.82) is 0 Å². The molecule has 1 fully saturated rings. The Labute approximate surface area is 228 Å². The molecule has 0 N–H and O–H groups in total. The van der Waals surface area contributed by atoms with E-state index in [0.717, 1.165) is 43.5 Å². The number of ether oxygens (including phenoxy) is 4.